The van der Waals surface area contributed by atoms with Gasteiger partial charge in [-0.05, 0) is 18.9 Å². The van der Waals surface area contributed by atoms with Crippen molar-refractivity contribution in [1.29, 1.82) is 0 Å². The van der Waals surface area contributed by atoms with Gasteiger partial charge in [-0.2, -0.15) is 17.5 Å². The van der Waals surface area contributed by atoms with Gasteiger partial charge in [0.1, 0.15) is 10.7 Å². The fourth-order valence-electron chi connectivity index (χ4n) is 2.14. The Morgan fingerprint density at radius 2 is 1.90 bits per heavy atom. The molecule has 0 unspecified atom stereocenters. The molecule has 0 radical (unpaired) electrons. The maximum atomic E-state index is 12.6. The van der Waals surface area contributed by atoms with Crippen LogP contribution in [0.15, 0.2) is 17.2 Å². The number of hydrogen-bond donors (Lipinski definition) is 1. The van der Waals surface area contributed by atoms with Crippen molar-refractivity contribution in [3.8, 4) is 0 Å². The summed E-state index contributed by atoms with van der Waals surface area (Å²) < 4.78 is 63.4. The second-order valence-corrected chi connectivity index (χ2v) is 7.10. The van der Waals surface area contributed by atoms with Crippen molar-refractivity contribution in [2.45, 2.75) is 23.9 Å². The number of nitrogens with two attached hydrogens (primary N) is 1. The number of anilines is 1. The normalized spacial score (nSPS) is 18.9. The van der Waals surface area contributed by atoms with Crippen molar-refractivity contribution in [1.82, 2.24) is 9.29 Å². The highest BCUT2D eigenvalue weighted by atomic mass is 35.5. The first-order valence-electron chi connectivity index (χ1n) is 6.10. The summed E-state index contributed by atoms with van der Waals surface area (Å²) in [5.41, 5.74) is 5.40. The monoisotopic (exact) mass is 343 g/mol. The number of nitrogens with zero attached hydrogens (tertiary/aromatic N) is 2. The number of piperidine rings is 1. The van der Waals surface area contributed by atoms with Gasteiger partial charge < -0.3 is 5.73 Å². The van der Waals surface area contributed by atoms with E-state index in [0.29, 0.717) is 0 Å². The first-order valence-corrected chi connectivity index (χ1v) is 7.92. The topological polar surface area (TPSA) is 76.3 Å². The van der Waals surface area contributed by atoms with E-state index >= 15 is 0 Å². The zero-order chi connectivity index (χ0) is 15.8. The number of hydrogen-bond acceptors (Lipinski definition) is 4. The van der Waals surface area contributed by atoms with Crippen molar-refractivity contribution in [3.63, 3.8) is 0 Å². The van der Waals surface area contributed by atoms with Crippen molar-refractivity contribution in [2.24, 2.45) is 5.92 Å². The minimum absolute atomic E-state index is 0.00797. The maximum Gasteiger partial charge on any atom is 0.391 e. The fourth-order valence-corrected chi connectivity index (χ4v) is 3.82. The zero-order valence-corrected chi connectivity index (χ0v) is 12.3. The molecule has 5 nitrogen and oxygen atoms in total. The third kappa shape index (κ3) is 3.41. The molecule has 1 aliphatic heterocycles. The molecule has 0 atom stereocenters. The van der Waals surface area contributed by atoms with E-state index in [-0.39, 0.29) is 41.7 Å². The highest BCUT2D eigenvalue weighted by Gasteiger charge is 2.43. The van der Waals surface area contributed by atoms with Crippen LogP contribution in [0.2, 0.25) is 5.02 Å². The Balaban J connectivity index is 2.17. The average Bonchev–Trinajstić information content (AvgIpc) is 2.41. The Morgan fingerprint density at radius 1 is 1.33 bits per heavy atom. The zero-order valence-electron chi connectivity index (χ0n) is 10.8. The molecule has 1 aromatic heterocycles. The number of alkyl halides is 3. The quantitative estimate of drug-likeness (QED) is 0.893. The third-order valence-electron chi connectivity index (χ3n) is 3.40. The number of pyridine rings is 1. The van der Waals surface area contributed by atoms with Gasteiger partial charge in [0.05, 0.1) is 10.9 Å². The third-order valence-corrected chi connectivity index (χ3v) is 5.57. The molecule has 118 valence electrons. The van der Waals surface area contributed by atoms with Crippen molar-refractivity contribution in [3.05, 3.63) is 17.3 Å². The largest absolute Gasteiger partial charge is 0.391 e. The van der Waals surface area contributed by atoms with Gasteiger partial charge in [0.25, 0.3) is 0 Å². The van der Waals surface area contributed by atoms with Crippen LogP contribution in [0.25, 0.3) is 0 Å². The van der Waals surface area contributed by atoms with Crippen LogP contribution < -0.4 is 5.73 Å². The molecule has 0 amide bonds. The summed E-state index contributed by atoms with van der Waals surface area (Å²) in [5, 5.41) is -0.0127. The molecule has 0 spiro atoms. The lowest BCUT2D eigenvalue weighted by Gasteiger charge is -2.32. The summed E-state index contributed by atoms with van der Waals surface area (Å²) in [6.07, 6.45) is -3.74. The number of rotatable bonds is 2. The number of halogens is 4. The smallest absolute Gasteiger partial charge is 0.382 e. The Labute approximate surface area is 124 Å². The summed E-state index contributed by atoms with van der Waals surface area (Å²) in [4.78, 5) is 3.48. The van der Waals surface area contributed by atoms with Gasteiger partial charge in [-0.25, -0.2) is 13.4 Å². The number of nitrogen functional groups attached to an aromatic ring is 1. The predicted molar refractivity (Wildman–Crippen MR) is 71.2 cm³/mol. The molecule has 2 heterocycles. The molecule has 21 heavy (non-hydrogen) atoms. The van der Waals surface area contributed by atoms with E-state index in [0.717, 1.165) is 16.6 Å². The van der Waals surface area contributed by atoms with Gasteiger partial charge in [-0.15, -0.1) is 0 Å². The van der Waals surface area contributed by atoms with E-state index in [9.17, 15) is 21.6 Å². The van der Waals surface area contributed by atoms with Crippen LogP contribution in [-0.2, 0) is 10.0 Å². The first-order chi connectivity index (χ1) is 9.62. The molecule has 1 saturated heterocycles. The fraction of sp³-hybridized carbons (Fsp3) is 0.545. The molecular formula is C11H13ClF3N3O2S. The molecule has 0 saturated carbocycles. The van der Waals surface area contributed by atoms with E-state index in [1.165, 1.54) is 0 Å². The lowest BCUT2D eigenvalue weighted by Crippen LogP contribution is -2.42. The molecule has 1 aliphatic rings. The second-order valence-electron chi connectivity index (χ2n) is 4.76. The van der Waals surface area contributed by atoms with E-state index in [1.54, 1.807) is 0 Å². The Hall–Kier alpha value is -1.06. The Bertz CT molecular complexity index is 628. The minimum Gasteiger partial charge on any atom is -0.382 e. The van der Waals surface area contributed by atoms with Gasteiger partial charge >= 0.3 is 6.18 Å². The summed E-state index contributed by atoms with van der Waals surface area (Å²) in [6, 6.07) is 1.15. The molecular weight excluding hydrogens is 331 g/mol. The van der Waals surface area contributed by atoms with Gasteiger partial charge in [-0.3, -0.25) is 0 Å². The first kappa shape index (κ1) is 16.3. The standard InChI is InChI=1S/C11H13ClF3N3O2S/c12-9-5-8(6-17-10(9)16)21(19,20)18-3-1-7(2-4-18)11(13,14)15/h5-7H,1-4H2,(H2,16,17). The SMILES string of the molecule is Nc1ncc(S(=O)(=O)N2CCC(C(F)(F)F)CC2)cc1Cl. The van der Waals surface area contributed by atoms with Crippen LogP contribution in [0.4, 0.5) is 19.0 Å². The average molecular weight is 344 g/mol. The van der Waals surface area contributed by atoms with E-state index in [4.69, 9.17) is 17.3 Å². The van der Waals surface area contributed by atoms with Crippen LogP contribution in [0.5, 0.6) is 0 Å². The van der Waals surface area contributed by atoms with Gasteiger partial charge in [0.15, 0.2) is 0 Å². The van der Waals surface area contributed by atoms with E-state index < -0.39 is 22.1 Å². The lowest BCUT2D eigenvalue weighted by molar-refractivity contribution is -0.182. The van der Waals surface area contributed by atoms with Gasteiger partial charge in [0, 0.05) is 19.3 Å². The second kappa shape index (κ2) is 5.62. The van der Waals surface area contributed by atoms with Crippen LogP contribution in [0.1, 0.15) is 12.8 Å². The van der Waals surface area contributed by atoms with Crippen LogP contribution >= 0.6 is 11.6 Å². The minimum atomic E-state index is -4.29. The summed E-state index contributed by atoms with van der Waals surface area (Å²) in [5.74, 6) is -1.47. The van der Waals surface area contributed by atoms with E-state index in [1.807, 2.05) is 0 Å². The molecule has 10 heteroatoms. The van der Waals surface area contributed by atoms with Crippen LogP contribution in [-0.4, -0.2) is 37.0 Å². The van der Waals surface area contributed by atoms with Crippen molar-refractivity contribution >= 4 is 27.4 Å². The lowest BCUT2D eigenvalue weighted by atomic mass is 9.98. The Morgan fingerprint density at radius 3 is 2.38 bits per heavy atom. The molecule has 2 N–H and O–H groups in total. The van der Waals surface area contributed by atoms with Gasteiger partial charge in [0.2, 0.25) is 10.0 Å². The summed E-state index contributed by atoms with van der Waals surface area (Å²) in [7, 11) is -3.91. The van der Waals surface area contributed by atoms with Gasteiger partial charge in [-0.1, -0.05) is 11.6 Å². The molecule has 0 aliphatic carbocycles. The number of aromatic nitrogens is 1. The highest BCUT2D eigenvalue weighted by Crippen LogP contribution is 2.35. The van der Waals surface area contributed by atoms with Crippen molar-refractivity contribution in [2.75, 3.05) is 18.8 Å². The van der Waals surface area contributed by atoms with Crippen molar-refractivity contribution < 1.29 is 21.6 Å². The molecule has 0 aromatic carbocycles. The van der Waals surface area contributed by atoms with E-state index in [2.05, 4.69) is 4.98 Å². The molecule has 0 bridgehead atoms. The highest BCUT2D eigenvalue weighted by molar-refractivity contribution is 7.89. The molecule has 2 rings (SSSR count). The summed E-state index contributed by atoms with van der Waals surface area (Å²) >= 11 is 5.72. The molecule has 1 fully saturated rings. The van der Waals surface area contributed by atoms with Crippen LogP contribution in [0.3, 0.4) is 0 Å². The Kier molecular flexibility index (Phi) is 4.36. The molecule has 1 aromatic rings. The maximum absolute atomic E-state index is 12.6. The predicted octanol–water partition coefficient (Wildman–Crippen LogP) is 2.28. The summed E-state index contributed by atoms with van der Waals surface area (Å²) in [6.45, 7) is -0.372. The number of sulfonamides is 1. The van der Waals surface area contributed by atoms with Crippen LogP contribution in [0, 0.1) is 5.92 Å².